The predicted molar refractivity (Wildman–Crippen MR) is 83.2 cm³/mol. The molecule has 0 bridgehead atoms. The van der Waals surface area contributed by atoms with Gasteiger partial charge in [0.1, 0.15) is 11.6 Å². The number of allylic oxidation sites excluding steroid dienone is 1. The van der Waals surface area contributed by atoms with Gasteiger partial charge in [-0.15, -0.1) is 0 Å². The molecule has 0 heterocycles. The minimum atomic E-state index is -0.500. The maximum Gasteiger partial charge on any atom is 0.126 e. The van der Waals surface area contributed by atoms with Crippen molar-refractivity contribution in [2.75, 3.05) is 6.54 Å². The summed E-state index contributed by atoms with van der Waals surface area (Å²) in [5, 5.41) is 3.46. The zero-order valence-electron chi connectivity index (χ0n) is 12.8. The molecule has 1 unspecified atom stereocenters. The van der Waals surface area contributed by atoms with Gasteiger partial charge < -0.3 is 5.32 Å². The minimum absolute atomic E-state index is 0.0618. The quantitative estimate of drug-likeness (QED) is 0.728. The fourth-order valence-electron chi connectivity index (χ4n) is 2.97. The molecule has 1 N–H and O–H groups in total. The smallest absolute Gasteiger partial charge is 0.126 e. The average molecular weight is 293 g/mol. The third kappa shape index (κ3) is 4.92. The zero-order chi connectivity index (χ0) is 15.1. The molecule has 1 aromatic carbocycles. The summed E-state index contributed by atoms with van der Waals surface area (Å²) >= 11 is 0. The molecular formula is C18H25F2N. The zero-order valence-corrected chi connectivity index (χ0v) is 12.8. The molecule has 1 aromatic rings. The number of benzene rings is 1. The minimum Gasteiger partial charge on any atom is -0.307 e. The first kappa shape index (κ1) is 16.2. The van der Waals surface area contributed by atoms with Crippen molar-refractivity contribution in [1.29, 1.82) is 0 Å². The Morgan fingerprint density at radius 1 is 1.05 bits per heavy atom. The van der Waals surface area contributed by atoms with Crippen LogP contribution in [-0.2, 0) is 0 Å². The molecule has 0 saturated carbocycles. The highest BCUT2D eigenvalue weighted by Crippen LogP contribution is 2.29. The molecular weight excluding hydrogens is 268 g/mol. The molecule has 0 amide bonds. The SMILES string of the molecule is CCCNC(/C1=C/CCCCCC1)c1cc(F)cc(F)c1. The van der Waals surface area contributed by atoms with Crippen LogP contribution in [0.15, 0.2) is 29.8 Å². The van der Waals surface area contributed by atoms with Crippen LogP contribution in [-0.4, -0.2) is 6.54 Å². The summed E-state index contributed by atoms with van der Waals surface area (Å²) in [4.78, 5) is 0. The first-order valence-electron chi connectivity index (χ1n) is 8.09. The van der Waals surface area contributed by atoms with Crippen LogP contribution in [0.1, 0.15) is 63.5 Å². The Hall–Kier alpha value is -1.22. The van der Waals surface area contributed by atoms with Crippen LogP contribution in [0, 0.1) is 11.6 Å². The van der Waals surface area contributed by atoms with E-state index in [1.165, 1.54) is 37.0 Å². The molecule has 0 aromatic heterocycles. The van der Waals surface area contributed by atoms with Gasteiger partial charge in [0, 0.05) is 6.07 Å². The van der Waals surface area contributed by atoms with Gasteiger partial charge >= 0.3 is 0 Å². The molecule has 0 spiro atoms. The van der Waals surface area contributed by atoms with E-state index in [9.17, 15) is 8.78 Å². The molecule has 1 nitrogen and oxygen atoms in total. The number of rotatable bonds is 5. The molecule has 1 aliphatic rings. The Morgan fingerprint density at radius 2 is 1.76 bits per heavy atom. The van der Waals surface area contributed by atoms with Gasteiger partial charge in [0.2, 0.25) is 0 Å². The summed E-state index contributed by atoms with van der Waals surface area (Å²) in [7, 11) is 0. The lowest BCUT2D eigenvalue weighted by Crippen LogP contribution is -2.24. The summed E-state index contributed by atoms with van der Waals surface area (Å²) in [5.74, 6) is -1.00. The summed E-state index contributed by atoms with van der Waals surface area (Å²) < 4.78 is 27.1. The van der Waals surface area contributed by atoms with E-state index in [4.69, 9.17) is 0 Å². The largest absolute Gasteiger partial charge is 0.307 e. The molecule has 1 atom stereocenters. The standard InChI is InChI=1S/C18H25F2N/c1-2-10-21-18(14-8-6-4-3-5-7-9-14)15-11-16(19)13-17(20)12-15/h8,11-13,18,21H,2-7,9-10H2,1H3/b14-8+. The molecule has 0 radical (unpaired) electrons. The second-order valence-electron chi connectivity index (χ2n) is 5.82. The maximum absolute atomic E-state index is 13.5. The molecule has 116 valence electrons. The van der Waals surface area contributed by atoms with E-state index in [1.54, 1.807) is 0 Å². The van der Waals surface area contributed by atoms with Crippen LogP contribution >= 0.6 is 0 Å². The molecule has 3 heteroatoms. The van der Waals surface area contributed by atoms with Crippen LogP contribution in [0.25, 0.3) is 0 Å². The van der Waals surface area contributed by atoms with Gasteiger partial charge in [0.05, 0.1) is 6.04 Å². The first-order valence-corrected chi connectivity index (χ1v) is 8.09. The topological polar surface area (TPSA) is 12.0 Å². The number of hydrogen-bond donors (Lipinski definition) is 1. The van der Waals surface area contributed by atoms with E-state index in [-0.39, 0.29) is 6.04 Å². The van der Waals surface area contributed by atoms with Crippen molar-refractivity contribution in [1.82, 2.24) is 5.32 Å². The fraction of sp³-hybridized carbons (Fsp3) is 0.556. The predicted octanol–water partition coefficient (Wildman–Crippen LogP) is 5.29. The second kappa shape index (κ2) is 8.28. The molecule has 0 fully saturated rings. The Labute approximate surface area is 126 Å². The average Bonchev–Trinajstić information content (AvgIpc) is 2.39. The first-order chi connectivity index (χ1) is 10.2. The molecule has 2 rings (SSSR count). The monoisotopic (exact) mass is 293 g/mol. The van der Waals surface area contributed by atoms with E-state index in [2.05, 4.69) is 18.3 Å². The second-order valence-corrected chi connectivity index (χ2v) is 5.82. The van der Waals surface area contributed by atoms with Crippen molar-refractivity contribution in [3.05, 3.63) is 47.0 Å². The summed E-state index contributed by atoms with van der Waals surface area (Å²) in [5.41, 5.74) is 1.99. The number of halogens is 2. The van der Waals surface area contributed by atoms with Gasteiger partial charge in [-0.05, 0) is 56.3 Å². The molecule has 0 aliphatic heterocycles. The van der Waals surface area contributed by atoms with Crippen LogP contribution < -0.4 is 5.32 Å². The van der Waals surface area contributed by atoms with Gasteiger partial charge in [-0.2, -0.15) is 0 Å². The normalized spacial score (nSPS) is 20.2. The van der Waals surface area contributed by atoms with E-state index in [0.29, 0.717) is 5.56 Å². The third-order valence-electron chi connectivity index (χ3n) is 4.01. The number of hydrogen-bond acceptors (Lipinski definition) is 1. The van der Waals surface area contributed by atoms with Crippen LogP contribution in [0.4, 0.5) is 8.78 Å². The molecule has 0 saturated heterocycles. The van der Waals surface area contributed by atoms with E-state index < -0.39 is 11.6 Å². The van der Waals surface area contributed by atoms with Crippen LogP contribution in [0.5, 0.6) is 0 Å². The lowest BCUT2D eigenvalue weighted by molar-refractivity contribution is 0.528. The Balaban J connectivity index is 2.27. The van der Waals surface area contributed by atoms with E-state index in [0.717, 1.165) is 38.3 Å². The van der Waals surface area contributed by atoms with Gasteiger partial charge in [0.25, 0.3) is 0 Å². The van der Waals surface area contributed by atoms with Gasteiger partial charge in [-0.25, -0.2) is 8.78 Å². The maximum atomic E-state index is 13.5. The lowest BCUT2D eigenvalue weighted by atomic mass is 9.90. The van der Waals surface area contributed by atoms with Gasteiger partial charge in [0.15, 0.2) is 0 Å². The number of nitrogens with one attached hydrogen (secondary N) is 1. The Morgan fingerprint density at radius 3 is 2.48 bits per heavy atom. The van der Waals surface area contributed by atoms with Crippen molar-refractivity contribution >= 4 is 0 Å². The highest BCUT2D eigenvalue weighted by Gasteiger charge is 2.18. The summed E-state index contributed by atoms with van der Waals surface area (Å²) in [6.45, 7) is 2.95. The lowest BCUT2D eigenvalue weighted by Gasteiger charge is -2.24. The summed E-state index contributed by atoms with van der Waals surface area (Å²) in [6.07, 6.45) is 10.3. The highest BCUT2D eigenvalue weighted by molar-refractivity contribution is 5.29. The highest BCUT2D eigenvalue weighted by atomic mass is 19.1. The van der Waals surface area contributed by atoms with E-state index in [1.807, 2.05) is 0 Å². The summed E-state index contributed by atoms with van der Waals surface area (Å²) in [6, 6.07) is 3.78. The molecule has 1 aliphatic carbocycles. The van der Waals surface area contributed by atoms with Crippen LogP contribution in [0.2, 0.25) is 0 Å². The van der Waals surface area contributed by atoms with E-state index >= 15 is 0 Å². The van der Waals surface area contributed by atoms with Crippen molar-refractivity contribution in [2.45, 2.75) is 57.9 Å². The van der Waals surface area contributed by atoms with Gasteiger partial charge in [-0.1, -0.05) is 31.4 Å². The third-order valence-corrected chi connectivity index (χ3v) is 4.01. The van der Waals surface area contributed by atoms with Gasteiger partial charge in [-0.3, -0.25) is 0 Å². The van der Waals surface area contributed by atoms with Crippen molar-refractivity contribution in [3.63, 3.8) is 0 Å². The van der Waals surface area contributed by atoms with Crippen LogP contribution in [0.3, 0.4) is 0 Å². The van der Waals surface area contributed by atoms with Crippen molar-refractivity contribution < 1.29 is 8.78 Å². The fourth-order valence-corrected chi connectivity index (χ4v) is 2.97. The van der Waals surface area contributed by atoms with Crippen molar-refractivity contribution in [3.8, 4) is 0 Å². The Bertz CT molecular complexity index is 462. The Kier molecular flexibility index (Phi) is 6.37. The van der Waals surface area contributed by atoms with Crippen molar-refractivity contribution in [2.24, 2.45) is 0 Å². The molecule has 21 heavy (non-hydrogen) atoms.